The number of ketones is 2. The molecular weight excluding hydrogens is 350 g/mol. The Labute approximate surface area is 143 Å². The number of hydrogen-bond donors (Lipinski definition) is 0. The van der Waals surface area contributed by atoms with E-state index in [2.05, 4.69) is 0 Å². The fraction of sp³-hybridized carbons (Fsp3) is 0.111. The lowest BCUT2D eigenvalue weighted by Gasteiger charge is -1.99. The maximum Gasteiger partial charge on any atom is 0.162 e. The fourth-order valence-electron chi connectivity index (χ4n) is 2.84. The highest BCUT2D eigenvalue weighted by atomic mass is 32.1. The van der Waals surface area contributed by atoms with Gasteiger partial charge in [-0.25, -0.2) is 8.78 Å². The van der Waals surface area contributed by atoms with Crippen molar-refractivity contribution in [3.05, 3.63) is 47.0 Å². The summed E-state index contributed by atoms with van der Waals surface area (Å²) in [5.74, 6) is -1.76. The number of carbonyl (C=O) groups excluding carboxylic acids is 2. The first kappa shape index (κ1) is 15.4. The minimum absolute atomic E-state index is 0.0609. The molecule has 0 aliphatic heterocycles. The van der Waals surface area contributed by atoms with Gasteiger partial charge in [-0.3, -0.25) is 9.59 Å². The van der Waals surface area contributed by atoms with Crippen LogP contribution in [0.2, 0.25) is 0 Å². The number of thiophene rings is 2. The molecule has 0 amide bonds. The lowest BCUT2D eigenvalue weighted by atomic mass is 10.1. The molecule has 0 spiro atoms. The number of rotatable bonds is 2. The lowest BCUT2D eigenvalue weighted by Crippen LogP contribution is -1.95. The van der Waals surface area contributed by atoms with Gasteiger partial charge in [0.05, 0.1) is 20.5 Å². The minimum Gasteiger partial charge on any atom is -0.294 e. The van der Waals surface area contributed by atoms with E-state index in [4.69, 9.17) is 0 Å². The van der Waals surface area contributed by atoms with E-state index in [1.165, 1.54) is 48.7 Å². The number of halogens is 2. The summed E-state index contributed by atoms with van der Waals surface area (Å²) in [6.07, 6.45) is 0. The lowest BCUT2D eigenvalue weighted by molar-refractivity contribution is 0.100. The Kier molecular flexibility index (Phi) is 3.30. The third kappa shape index (κ3) is 2.10. The van der Waals surface area contributed by atoms with Crippen molar-refractivity contribution in [2.24, 2.45) is 0 Å². The van der Waals surface area contributed by atoms with Crippen molar-refractivity contribution in [2.45, 2.75) is 13.8 Å². The SMILES string of the molecule is CC(=O)c1cc2sc3c4cc(F)c(C(C)=O)cc4sc3c2cc1F. The first-order valence-corrected chi connectivity index (χ1v) is 8.80. The van der Waals surface area contributed by atoms with E-state index in [0.717, 1.165) is 18.8 Å². The fourth-order valence-corrected chi connectivity index (χ4v) is 5.51. The molecule has 0 aliphatic carbocycles. The van der Waals surface area contributed by atoms with Gasteiger partial charge in [-0.15, -0.1) is 22.7 Å². The predicted molar refractivity (Wildman–Crippen MR) is 94.6 cm³/mol. The molecule has 2 aromatic carbocycles. The summed E-state index contributed by atoms with van der Waals surface area (Å²) in [7, 11) is 0. The zero-order valence-corrected chi connectivity index (χ0v) is 14.3. The smallest absolute Gasteiger partial charge is 0.162 e. The van der Waals surface area contributed by atoms with Gasteiger partial charge in [0.1, 0.15) is 11.6 Å². The Morgan fingerprint density at radius 1 is 0.750 bits per heavy atom. The summed E-state index contributed by atoms with van der Waals surface area (Å²) in [5, 5.41) is 1.42. The van der Waals surface area contributed by atoms with Crippen LogP contribution in [0, 0.1) is 11.6 Å². The molecule has 0 saturated carbocycles. The van der Waals surface area contributed by atoms with Crippen molar-refractivity contribution in [3.63, 3.8) is 0 Å². The summed E-state index contributed by atoms with van der Waals surface area (Å²) in [6, 6.07) is 5.83. The molecule has 0 saturated heterocycles. The largest absolute Gasteiger partial charge is 0.294 e. The molecule has 2 heterocycles. The molecule has 0 atom stereocenters. The molecule has 0 fully saturated rings. The van der Waals surface area contributed by atoms with Gasteiger partial charge in [-0.1, -0.05) is 0 Å². The van der Waals surface area contributed by atoms with E-state index >= 15 is 0 Å². The van der Waals surface area contributed by atoms with Gasteiger partial charge in [-0.05, 0) is 38.1 Å². The van der Waals surface area contributed by atoms with Crippen molar-refractivity contribution in [1.29, 1.82) is 0 Å². The molecule has 2 aromatic heterocycles. The summed E-state index contributed by atoms with van der Waals surface area (Å²) >= 11 is 2.80. The van der Waals surface area contributed by atoms with E-state index in [0.29, 0.717) is 10.8 Å². The van der Waals surface area contributed by atoms with Crippen molar-refractivity contribution < 1.29 is 18.4 Å². The quantitative estimate of drug-likeness (QED) is 0.414. The molecule has 6 heteroatoms. The van der Waals surface area contributed by atoms with Crippen LogP contribution in [-0.2, 0) is 0 Å². The maximum atomic E-state index is 14.1. The first-order valence-electron chi connectivity index (χ1n) is 7.16. The van der Waals surface area contributed by atoms with E-state index in [-0.39, 0.29) is 22.7 Å². The van der Waals surface area contributed by atoms with Crippen molar-refractivity contribution in [1.82, 2.24) is 0 Å². The highest BCUT2D eigenvalue weighted by Crippen LogP contribution is 2.45. The average molecular weight is 360 g/mol. The van der Waals surface area contributed by atoms with Crippen LogP contribution in [0.3, 0.4) is 0 Å². The van der Waals surface area contributed by atoms with E-state index in [1.54, 1.807) is 12.1 Å². The molecule has 4 aromatic rings. The number of hydrogen-bond acceptors (Lipinski definition) is 4. The van der Waals surface area contributed by atoms with Gasteiger partial charge in [0.25, 0.3) is 0 Å². The van der Waals surface area contributed by atoms with E-state index < -0.39 is 11.6 Å². The minimum atomic E-state index is -0.553. The summed E-state index contributed by atoms with van der Waals surface area (Å²) < 4.78 is 31.6. The normalized spacial score (nSPS) is 11.7. The number of Topliss-reactive ketones (excluding diaryl/α,β-unsaturated/α-hetero) is 2. The standard InChI is InChI=1S/C18H10F2O2S2/c1-7(21)9-5-15-11(3-13(9)19)17-18(23-15)12-4-14(20)10(8(2)22)6-16(12)24-17/h3-6H,1-2H3. The molecule has 0 aliphatic rings. The van der Waals surface area contributed by atoms with Crippen LogP contribution in [0.25, 0.3) is 29.6 Å². The summed E-state index contributed by atoms with van der Waals surface area (Å²) in [4.78, 5) is 23.0. The molecule has 0 N–H and O–H groups in total. The summed E-state index contributed by atoms with van der Waals surface area (Å²) in [5.41, 5.74) is 0.122. The van der Waals surface area contributed by atoms with Gasteiger partial charge in [0.15, 0.2) is 11.6 Å². The summed E-state index contributed by atoms with van der Waals surface area (Å²) in [6.45, 7) is 2.66. The van der Waals surface area contributed by atoms with Gasteiger partial charge in [0, 0.05) is 20.2 Å². The Morgan fingerprint density at radius 3 is 1.46 bits per heavy atom. The Balaban J connectivity index is 2.10. The van der Waals surface area contributed by atoms with Crippen molar-refractivity contribution in [2.75, 3.05) is 0 Å². The highest BCUT2D eigenvalue weighted by Gasteiger charge is 2.18. The predicted octanol–water partition coefficient (Wildman–Crippen LogP) is 5.95. The van der Waals surface area contributed by atoms with Gasteiger partial charge >= 0.3 is 0 Å². The third-order valence-electron chi connectivity index (χ3n) is 4.02. The monoisotopic (exact) mass is 360 g/mol. The van der Waals surface area contributed by atoms with Crippen LogP contribution in [0.4, 0.5) is 8.78 Å². The molecule has 2 nitrogen and oxygen atoms in total. The number of benzene rings is 2. The van der Waals surface area contributed by atoms with Crippen LogP contribution >= 0.6 is 22.7 Å². The highest BCUT2D eigenvalue weighted by molar-refractivity contribution is 7.36. The van der Waals surface area contributed by atoms with E-state index in [1.807, 2.05) is 0 Å². The zero-order valence-electron chi connectivity index (χ0n) is 12.7. The van der Waals surface area contributed by atoms with Gasteiger partial charge in [-0.2, -0.15) is 0 Å². The van der Waals surface area contributed by atoms with Crippen LogP contribution in [0.1, 0.15) is 34.6 Å². The van der Waals surface area contributed by atoms with Crippen LogP contribution in [0.5, 0.6) is 0 Å². The maximum absolute atomic E-state index is 14.1. The average Bonchev–Trinajstić information content (AvgIpc) is 3.01. The molecule has 0 radical (unpaired) electrons. The zero-order chi connectivity index (χ0) is 17.2. The Hall–Kier alpha value is -2.18. The first-order chi connectivity index (χ1) is 11.4. The van der Waals surface area contributed by atoms with E-state index in [9.17, 15) is 18.4 Å². The van der Waals surface area contributed by atoms with Crippen molar-refractivity contribution >= 4 is 63.8 Å². The molecule has 0 unspecified atom stereocenters. The van der Waals surface area contributed by atoms with Gasteiger partial charge in [0.2, 0.25) is 0 Å². The second-order valence-electron chi connectivity index (χ2n) is 5.63. The molecule has 120 valence electrons. The molecule has 0 bridgehead atoms. The second kappa shape index (κ2) is 5.16. The topological polar surface area (TPSA) is 34.1 Å². The molecule has 4 rings (SSSR count). The van der Waals surface area contributed by atoms with Gasteiger partial charge < -0.3 is 0 Å². The second-order valence-corrected chi connectivity index (χ2v) is 7.74. The van der Waals surface area contributed by atoms with Crippen LogP contribution < -0.4 is 0 Å². The van der Waals surface area contributed by atoms with Crippen LogP contribution in [0.15, 0.2) is 24.3 Å². The molecular formula is C18H10F2O2S2. The van der Waals surface area contributed by atoms with Crippen molar-refractivity contribution in [3.8, 4) is 0 Å². The Morgan fingerprint density at radius 2 is 1.12 bits per heavy atom. The van der Waals surface area contributed by atoms with Crippen LogP contribution in [-0.4, -0.2) is 11.6 Å². The number of carbonyl (C=O) groups is 2. The number of fused-ring (bicyclic) bond motifs is 5. The third-order valence-corrected chi connectivity index (χ3v) is 6.52. The molecule has 24 heavy (non-hydrogen) atoms. The Bertz CT molecular complexity index is 1090.